The van der Waals surface area contributed by atoms with Crippen molar-refractivity contribution in [3.05, 3.63) is 31.2 Å². The summed E-state index contributed by atoms with van der Waals surface area (Å²) >= 11 is 23.0. The van der Waals surface area contributed by atoms with Gasteiger partial charge in [0.05, 0.1) is 25.7 Å². The molecule has 9 heteroatoms. The Morgan fingerprint density at radius 3 is 1.76 bits per heavy atom. The summed E-state index contributed by atoms with van der Waals surface area (Å²) in [4.78, 5) is 0. The lowest BCUT2D eigenvalue weighted by molar-refractivity contribution is 0.482. The Morgan fingerprint density at radius 1 is 1.06 bits per heavy atom. The number of benzene rings is 1. The second-order valence-corrected chi connectivity index (χ2v) is 5.91. The molecule has 0 aromatic heterocycles. The molecule has 0 unspecified atom stereocenters. The SMILES string of the molecule is N#Cc1c(Cl)c(Cl)c(CS(=O)(=O)O)c(Cl)c1Cl. The lowest BCUT2D eigenvalue weighted by atomic mass is 10.1. The molecule has 92 valence electrons. The zero-order chi connectivity index (χ0) is 13.4. The predicted molar refractivity (Wildman–Crippen MR) is 66.4 cm³/mol. The molecule has 0 aliphatic rings. The lowest BCUT2D eigenvalue weighted by Crippen LogP contribution is -2.04. The highest BCUT2D eigenvalue weighted by Gasteiger charge is 2.23. The van der Waals surface area contributed by atoms with E-state index in [0.717, 1.165) is 0 Å². The van der Waals surface area contributed by atoms with Crippen LogP contribution in [0.25, 0.3) is 0 Å². The van der Waals surface area contributed by atoms with Crippen molar-refractivity contribution < 1.29 is 13.0 Å². The molecule has 1 N–H and O–H groups in total. The van der Waals surface area contributed by atoms with Crippen molar-refractivity contribution in [3.63, 3.8) is 0 Å². The largest absolute Gasteiger partial charge is 0.285 e. The van der Waals surface area contributed by atoms with Gasteiger partial charge in [0.25, 0.3) is 10.1 Å². The number of rotatable bonds is 2. The molecule has 1 aromatic carbocycles. The monoisotopic (exact) mass is 333 g/mol. The standard InChI is InChI=1S/C8H3Cl4NO3S/c9-5-3(1-13)6(10)8(12)4(7(5)11)2-17(14,15)16/h2H2,(H,14,15,16). The average Bonchev–Trinajstić information content (AvgIpc) is 2.21. The maximum atomic E-state index is 10.8. The summed E-state index contributed by atoms with van der Waals surface area (Å²) in [6.45, 7) is 0. The van der Waals surface area contributed by atoms with E-state index in [1.54, 1.807) is 6.07 Å². The molecule has 1 aromatic rings. The van der Waals surface area contributed by atoms with E-state index in [4.69, 9.17) is 56.2 Å². The Bertz CT molecular complexity index is 592. The average molecular weight is 335 g/mol. The van der Waals surface area contributed by atoms with E-state index in [1.807, 2.05) is 0 Å². The predicted octanol–water partition coefficient (Wildman–Crippen LogP) is 3.56. The van der Waals surface area contributed by atoms with Gasteiger partial charge in [-0.2, -0.15) is 13.7 Å². The first-order chi connectivity index (χ1) is 7.69. The quantitative estimate of drug-likeness (QED) is 0.662. The fraction of sp³-hybridized carbons (Fsp3) is 0.125. The minimum absolute atomic E-state index is 0.148. The maximum Gasteiger partial charge on any atom is 0.269 e. The smallest absolute Gasteiger partial charge is 0.269 e. The van der Waals surface area contributed by atoms with Crippen LogP contribution in [0.4, 0.5) is 0 Å². The summed E-state index contributed by atoms with van der Waals surface area (Å²) in [5.41, 5.74) is -0.299. The fourth-order valence-corrected chi connectivity index (χ4v) is 3.01. The summed E-state index contributed by atoms with van der Waals surface area (Å²) < 4.78 is 30.3. The summed E-state index contributed by atoms with van der Waals surface area (Å²) in [7, 11) is -4.34. The lowest BCUT2D eigenvalue weighted by Gasteiger charge is -2.10. The van der Waals surface area contributed by atoms with Gasteiger partial charge in [0.15, 0.2) is 0 Å². The Balaban J connectivity index is 3.61. The molecule has 0 atom stereocenters. The second-order valence-electron chi connectivity index (χ2n) is 2.95. The van der Waals surface area contributed by atoms with Gasteiger partial charge in [0, 0.05) is 5.56 Å². The maximum absolute atomic E-state index is 10.8. The number of hydrogen-bond acceptors (Lipinski definition) is 3. The van der Waals surface area contributed by atoms with Crippen molar-refractivity contribution in [1.29, 1.82) is 5.26 Å². The van der Waals surface area contributed by atoms with Gasteiger partial charge in [0.2, 0.25) is 0 Å². The summed E-state index contributed by atoms with van der Waals surface area (Å²) in [5, 5.41) is 7.90. The van der Waals surface area contributed by atoms with Crippen molar-refractivity contribution in [1.82, 2.24) is 0 Å². The highest BCUT2D eigenvalue weighted by Crippen LogP contribution is 2.41. The molecule has 0 aliphatic heterocycles. The van der Waals surface area contributed by atoms with Crippen molar-refractivity contribution in [2.75, 3.05) is 0 Å². The van der Waals surface area contributed by atoms with Gasteiger partial charge in [-0.05, 0) is 0 Å². The van der Waals surface area contributed by atoms with Crippen LogP contribution >= 0.6 is 46.4 Å². The molecule has 1 rings (SSSR count). The van der Waals surface area contributed by atoms with Crippen LogP contribution in [0.3, 0.4) is 0 Å². The van der Waals surface area contributed by atoms with Gasteiger partial charge in [-0.1, -0.05) is 46.4 Å². The van der Waals surface area contributed by atoms with E-state index in [-0.39, 0.29) is 31.2 Å². The van der Waals surface area contributed by atoms with Gasteiger partial charge in [-0.3, -0.25) is 4.55 Å². The van der Waals surface area contributed by atoms with Crippen molar-refractivity contribution in [3.8, 4) is 6.07 Å². The first-order valence-electron chi connectivity index (χ1n) is 3.89. The molecule has 0 spiro atoms. The van der Waals surface area contributed by atoms with Crippen molar-refractivity contribution in [2.24, 2.45) is 0 Å². The third-order valence-electron chi connectivity index (χ3n) is 1.79. The zero-order valence-electron chi connectivity index (χ0n) is 7.84. The van der Waals surface area contributed by atoms with Crippen LogP contribution in [-0.2, 0) is 15.9 Å². The van der Waals surface area contributed by atoms with Crippen molar-refractivity contribution in [2.45, 2.75) is 5.75 Å². The van der Waals surface area contributed by atoms with Gasteiger partial charge in [-0.15, -0.1) is 0 Å². The summed E-state index contributed by atoms with van der Waals surface area (Å²) in [6, 6.07) is 1.69. The first-order valence-corrected chi connectivity index (χ1v) is 7.01. The van der Waals surface area contributed by atoms with Gasteiger partial charge >= 0.3 is 0 Å². The van der Waals surface area contributed by atoms with E-state index < -0.39 is 15.9 Å². The molecule has 0 amide bonds. The van der Waals surface area contributed by atoms with E-state index in [2.05, 4.69) is 0 Å². The minimum atomic E-state index is -4.34. The Hall–Kier alpha value is -0.220. The number of hydrogen-bond donors (Lipinski definition) is 1. The zero-order valence-corrected chi connectivity index (χ0v) is 11.7. The Kier molecular flexibility index (Phi) is 4.53. The van der Waals surface area contributed by atoms with Crippen LogP contribution in [0, 0.1) is 11.3 Å². The number of halogens is 4. The van der Waals surface area contributed by atoms with Gasteiger partial charge < -0.3 is 0 Å². The van der Waals surface area contributed by atoms with Crippen LogP contribution in [0.1, 0.15) is 11.1 Å². The molecule has 0 radical (unpaired) electrons. The van der Waals surface area contributed by atoms with E-state index >= 15 is 0 Å². The third kappa shape index (κ3) is 3.16. The number of nitrogens with zero attached hydrogens (tertiary/aromatic N) is 1. The van der Waals surface area contributed by atoms with Crippen LogP contribution in [0.2, 0.25) is 20.1 Å². The molecule has 0 saturated heterocycles. The molecule has 0 aliphatic carbocycles. The Labute approximate surface area is 117 Å². The van der Waals surface area contributed by atoms with Gasteiger partial charge in [0.1, 0.15) is 11.8 Å². The second kappa shape index (κ2) is 5.19. The van der Waals surface area contributed by atoms with Crippen LogP contribution < -0.4 is 0 Å². The molecule has 0 bridgehead atoms. The summed E-state index contributed by atoms with van der Waals surface area (Å²) in [6.07, 6.45) is 0. The molecule has 4 nitrogen and oxygen atoms in total. The molecule has 0 fully saturated rings. The van der Waals surface area contributed by atoms with Crippen LogP contribution in [0.15, 0.2) is 0 Å². The Morgan fingerprint density at radius 2 is 1.47 bits per heavy atom. The molecule has 0 heterocycles. The highest BCUT2D eigenvalue weighted by atomic mass is 35.5. The molecule has 0 saturated carbocycles. The molecular formula is C8H3Cl4NO3S. The molecule has 17 heavy (non-hydrogen) atoms. The normalized spacial score (nSPS) is 11.3. The van der Waals surface area contributed by atoms with Crippen molar-refractivity contribution >= 4 is 56.5 Å². The van der Waals surface area contributed by atoms with Crippen LogP contribution in [-0.4, -0.2) is 13.0 Å². The minimum Gasteiger partial charge on any atom is -0.285 e. The van der Waals surface area contributed by atoms with Gasteiger partial charge in [-0.25, -0.2) is 0 Å². The first kappa shape index (κ1) is 14.8. The fourth-order valence-electron chi connectivity index (χ4n) is 1.08. The highest BCUT2D eigenvalue weighted by molar-refractivity contribution is 7.85. The summed E-state index contributed by atoms with van der Waals surface area (Å²) in [5.74, 6) is -0.837. The van der Waals surface area contributed by atoms with Crippen LogP contribution in [0.5, 0.6) is 0 Å². The van der Waals surface area contributed by atoms with E-state index in [0.29, 0.717) is 0 Å². The third-order valence-corrected chi connectivity index (χ3v) is 4.23. The molecular weight excluding hydrogens is 332 g/mol. The topological polar surface area (TPSA) is 78.2 Å². The number of nitriles is 1. The van der Waals surface area contributed by atoms with E-state index in [9.17, 15) is 8.42 Å². The van der Waals surface area contributed by atoms with E-state index in [1.165, 1.54) is 0 Å².